The number of likely N-dealkylation sites (tertiary alicyclic amines) is 1. The van der Waals surface area contributed by atoms with Crippen LogP contribution in [0.4, 0.5) is 0 Å². The minimum Gasteiger partial charge on any atom is -0.463 e. The Kier molecular flexibility index (Phi) is 13.4. The van der Waals surface area contributed by atoms with E-state index >= 15 is 0 Å². The van der Waals surface area contributed by atoms with E-state index in [1.807, 2.05) is 0 Å². The summed E-state index contributed by atoms with van der Waals surface area (Å²) in [6.07, 6.45) is 6.18. The van der Waals surface area contributed by atoms with Crippen LogP contribution in [0.1, 0.15) is 58.8 Å². The molecule has 0 radical (unpaired) electrons. The van der Waals surface area contributed by atoms with Gasteiger partial charge in [-0.3, -0.25) is 14.4 Å². The quantitative estimate of drug-likeness (QED) is 0.149. The first-order valence-corrected chi connectivity index (χ1v) is 14.6. The molecule has 0 aromatic carbocycles. The maximum absolute atomic E-state index is 13.0. The second-order valence-electron chi connectivity index (χ2n) is 9.12. The highest BCUT2D eigenvalue weighted by molar-refractivity contribution is 8.13. The molecule has 3 unspecified atom stereocenters. The maximum atomic E-state index is 13.0. The topological polar surface area (TPSA) is 145 Å². The van der Waals surface area contributed by atoms with Crippen LogP contribution in [0.5, 0.6) is 0 Å². The molecule has 2 rings (SSSR count). The molecule has 0 aromatic heterocycles. The summed E-state index contributed by atoms with van der Waals surface area (Å²) in [6.45, 7) is 3.98. The monoisotopic (exact) mass is 547 g/mol. The van der Waals surface area contributed by atoms with Gasteiger partial charge in [0.05, 0.1) is 6.04 Å². The fourth-order valence-corrected chi connectivity index (χ4v) is 5.75. The van der Waals surface area contributed by atoms with E-state index in [4.69, 9.17) is 4.74 Å². The van der Waals surface area contributed by atoms with Gasteiger partial charge in [0.15, 0.2) is 0 Å². The zero-order valence-electron chi connectivity index (χ0n) is 21.0. The highest BCUT2D eigenvalue weighted by atomic mass is 32.2. The molecule has 2 aliphatic rings. The Morgan fingerprint density at radius 3 is 2.44 bits per heavy atom. The van der Waals surface area contributed by atoms with Gasteiger partial charge >= 0.3 is 5.97 Å². The van der Waals surface area contributed by atoms with E-state index in [2.05, 4.69) is 10.2 Å². The Morgan fingerprint density at radius 2 is 1.75 bits per heavy atom. The van der Waals surface area contributed by atoms with Crippen LogP contribution in [0, 0.1) is 22.0 Å². The Morgan fingerprint density at radius 1 is 1.06 bits per heavy atom. The number of carbonyl (C=O) groups is 4. The third-order valence-electron chi connectivity index (χ3n) is 6.29. The lowest BCUT2D eigenvalue weighted by Gasteiger charge is -2.26. The lowest BCUT2D eigenvalue weighted by Crippen LogP contribution is -2.44. The number of thioether (sulfide) groups is 2. The molecule has 2 amide bonds. The fraction of sp³-hybridized carbons (Fsp3) is 0.826. The van der Waals surface area contributed by atoms with E-state index in [0.717, 1.165) is 43.9 Å². The van der Waals surface area contributed by atoms with Gasteiger partial charge in [0.1, 0.15) is 19.3 Å². The summed E-state index contributed by atoms with van der Waals surface area (Å²) in [5.41, 5.74) is 0. The Hall–Kier alpha value is -2.02. The van der Waals surface area contributed by atoms with Crippen LogP contribution in [-0.2, 0) is 28.8 Å². The van der Waals surface area contributed by atoms with Crippen LogP contribution >= 0.6 is 23.5 Å². The average Bonchev–Trinajstić information content (AvgIpc) is 3.36. The fourth-order valence-electron chi connectivity index (χ4n) is 4.29. The molecule has 204 valence electrons. The van der Waals surface area contributed by atoms with Crippen LogP contribution in [0.3, 0.4) is 0 Å². The molecular weight excluding hydrogens is 510 g/mol. The number of rotatable bonds is 14. The van der Waals surface area contributed by atoms with Gasteiger partial charge < -0.3 is 19.8 Å². The zero-order valence-corrected chi connectivity index (χ0v) is 22.6. The van der Waals surface area contributed by atoms with Gasteiger partial charge in [-0.15, -0.1) is 10.1 Å². The van der Waals surface area contributed by atoms with Crippen LogP contribution in [0.25, 0.3) is 0 Å². The first kappa shape index (κ1) is 30.2. The zero-order chi connectivity index (χ0) is 26.5. The van der Waals surface area contributed by atoms with E-state index in [1.54, 1.807) is 13.8 Å². The van der Waals surface area contributed by atoms with E-state index in [0.29, 0.717) is 30.9 Å². The molecule has 1 heterocycles. The van der Waals surface area contributed by atoms with E-state index in [1.165, 1.54) is 16.7 Å². The lowest BCUT2D eigenvalue weighted by atomic mass is 9.88. The van der Waals surface area contributed by atoms with Crippen molar-refractivity contribution < 1.29 is 33.8 Å². The van der Waals surface area contributed by atoms with Crippen molar-refractivity contribution in [2.24, 2.45) is 11.8 Å². The number of hydrogen-bond acceptors (Lipinski definition) is 10. The molecule has 13 heteroatoms. The Labute approximate surface area is 220 Å². The van der Waals surface area contributed by atoms with Gasteiger partial charge in [-0.1, -0.05) is 37.9 Å². The highest BCUT2D eigenvalue weighted by Crippen LogP contribution is 2.25. The molecule has 1 N–H and O–H groups in total. The van der Waals surface area contributed by atoms with Crippen molar-refractivity contribution in [1.82, 2.24) is 10.2 Å². The summed E-state index contributed by atoms with van der Waals surface area (Å²) in [5, 5.41) is 11.9. The molecular formula is C23H37N3O8S2. The van der Waals surface area contributed by atoms with Crippen molar-refractivity contribution in [3.63, 3.8) is 0 Å². The minimum absolute atomic E-state index is 0.0208. The Bertz CT molecular complexity index is 778. The average molecular weight is 548 g/mol. The number of esters is 1. The first-order valence-electron chi connectivity index (χ1n) is 12.5. The molecule has 0 aromatic rings. The predicted molar refractivity (Wildman–Crippen MR) is 137 cm³/mol. The minimum atomic E-state index is -0.849. The van der Waals surface area contributed by atoms with Gasteiger partial charge in [-0.25, -0.2) is 4.79 Å². The van der Waals surface area contributed by atoms with Crippen molar-refractivity contribution >= 4 is 46.4 Å². The van der Waals surface area contributed by atoms with Crippen LogP contribution in [0.15, 0.2) is 0 Å². The number of nitrogens with one attached hydrogen (secondary N) is 1. The number of ether oxygens (including phenoxy) is 1. The normalized spacial score (nSPS) is 19.8. The van der Waals surface area contributed by atoms with Gasteiger partial charge in [0.25, 0.3) is 5.09 Å². The second-order valence-corrected chi connectivity index (χ2v) is 11.4. The van der Waals surface area contributed by atoms with Crippen molar-refractivity contribution in [2.75, 3.05) is 37.0 Å². The van der Waals surface area contributed by atoms with Crippen molar-refractivity contribution in [1.29, 1.82) is 0 Å². The third kappa shape index (κ3) is 10.2. The van der Waals surface area contributed by atoms with Crippen LogP contribution < -0.4 is 5.32 Å². The predicted octanol–water partition coefficient (Wildman–Crippen LogP) is 2.44. The van der Waals surface area contributed by atoms with Crippen molar-refractivity contribution in [3.05, 3.63) is 10.1 Å². The molecule has 11 nitrogen and oxygen atoms in total. The highest BCUT2D eigenvalue weighted by Gasteiger charge is 2.37. The molecule has 0 spiro atoms. The summed E-state index contributed by atoms with van der Waals surface area (Å²) < 4.78 is 5.30. The summed E-state index contributed by atoms with van der Waals surface area (Å²) in [4.78, 5) is 66.3. The lowest BCUT2D eigenvalue weighted by molar-refractivity contribution is -0.756. The second kappa shape index (κ2) is 16.0. The standard InChI is InChI=1S/C23H37N3O8S2/c1-16(15-36-23(30)17(2)24-20(27)18-7-4-3-5-8-18)21(28)25-10-6-9-19(25)22(29)33-11-13-35-14-12-34-26(31)32/h16-19H,3-15H2,1-2H3,(H,24,27). The Balaban J connectivity index is 1.70. The van der Waals surface area contributed by atoms with Gasteiger partial charge in [-0.05, 0) is 32.6 Å². The molecule has 2 fully saturated rings. The molecule has 1 saturated carbocycles. The molecule has 0 bridgehead atoms. The van der Waals surface area contributed by atoms with E-state index in [9.17, 15) is 29.3 Å². The third-order valence-corrected chi connectivity index (χ3v) is 8.51. The van der Waals surface area contributed by atoms with Crippen LogP contribution in [0.2, 0.25) is 0 Å². The van der Waals surface area contributed by atoms with E-state index in [-0.39, 0.29) is 41.8 Å². The first-order chi connectivity index (χ1) is 17.2. The smallest absolute Gasteiger partial charge is 0.328 e. The van der Waals surface area contributed by atoms with Crippen molar-refractivity contribution in [2.45, 2.75) is 70.9 Å². The largest absolute Gasteiger partial charge is 0.463 e. The number of amides is 2. The van der Waals surface area contributed by atoms with Crippen molar-refractivity contribution in [3.8, 4) is 0 Å². The summed E-state index contributed by atoms with van der Waals surface area (Å²) >= 11 is 2.40. The molecule has 1 aliphatic heterocycles. The number of nitrogens with zero attached hydrogens (tertiary/aromatic N) is 2. The maximum Gasteiger partial charge on any atom is 0.328 e. The molecule has 3 atom stereocenters. The summed E-state index contributed by atoms with van der Waals surface area (Å²) in [6, 6.07) is -1.26. The van der Waals surface area contributed by atoms with Gasteiger partial charge in [0, 0.05) is 35.6 Å². The van der Waals surface area contributed by atoms with Crippen LogP contribution in [-0.4, -0.2) is 82.0 Å². The van der Waals surface area contributed by atoms with Gasteiger partial charge in [-0.2, -0.15) is 11.8 Å². The molecule has 36 heavy (non-hydrogen) atoms. The SMILES string of the molecule is CC(CSC(=O)C(C)NC(=O)C1CCCCC1)C(=O)N1CCCC1C(=O)OCCSCCO[N+](=O)[O-]. The molecule has 1 aliphatic carbocycles. The van der Waals surface area contributed by atoms with E-state index < -0.39 is 29.1 Å². The van der Waals surface area contributed by atoms with Gasteiger partial charge in [0.2, 0.25) is 16.9 Å². The number of hydrogen-bond donors (Lipinski definition) is 1. The summed E-state index contributed by atoms with van der Waals surface area (Å²) in [5.74, 6) is -0.0672. The number of carbonyl (C=O) groups excluding carboxylic acids is 4. The molecule has 1 saturated heterocycles. The summed E-state index contributed by atoms with van der Waals surface area (Å²) in [7, 11) is 0.